The number of nitrogens with one attached hydrogen (secondary N) is 1. The Kier molecular flexibility index (Phi) is 6.23. The summed E-state index contributed by atoms with van der Waals surface area (Å²) >= 11 is 7.09. The number of nitrogens with zero attached hydrogens (tertiary/aromatic N) is 1. The number of hydrogen-bond donors (Lipinski definition) is 1. The van der Waals surface area contributed by atoms with E-state index in [-0.39, 0.29) is 10.6 Å². The quantitative estimate of drug-likeness (QED) is 0.402. The average molecular weight is 461 g/mol. The Morgan fingerprint density at radius 2 is 1.82 bits per heavy atom. The van der Waals surface area contributed by atoms with Crippen LogP contribution < -0.4 is 4.72 Å². The van der Waals surface area contributed by atoms with Crippen molar-refractivity contribution in [3.63, 3.8) is 0 Å². The molecule has 1 N–H and O–H groups in total. The molecule has 28 heavy (non-hydrogen) atoms. The molecule has 150 valence electrons. The van der Waals surface area contributed by atoms with Gasteiger partial charge in [-0.05, 0) is 48.9 Å². The maximum atomic E-state index is 12.6. The van der Waals surface area contributed by atoms with E-state index in [4.69, 9.17) is 16.0 Å². The molecule has 0 saturated heterocycles. The number of hydrogen-bond acceptors (Lipinski definition) is 7. The molecule has 2 aromatic carbocycles. The molecule has 0 atom stereocenters. The number of rotatable bonds is 8. The van der Waals surface area contributed by atoms with Crippen molar-refractivity contribution < 1.29 is 21.3 Å². The highest BCUT2D eigenvalue weighted by atomic mass is 35.5. The lowest BCUT2D eigenvalue weighted by atomic mass is 10.3. The maximum Gasteiger partial charge on any atom is 0.261 e. The van der Waals surface area contributed by atoms with Crippen molar-refractivity contribution in [1.29, 1.82) is 0 Å². The Hall–Kier alpha value is -1.75. The Morgan fingerprint density at radius 3 is 2.50 bits per heavy atom. The van der Waals surface area contributed by atoms with Gasteiger partial charge in [0.15, 0.2) is 5.58 Å². The topological polar surface area (TPSA) is 106 Å². The minimum absolute atomic E-state index is 0.0527. The summed E-state index contributed by atoms with van der Waals surface area (Å²) in [6.45, 7) is 0. The van der Waals surface area contributed by atoms with Gasteiger partial charge in [-0.25, -0.2) is 21.8 Å². The van der Waals surface area contributed by atoms with Gasteiger partial charge in [-0.2, -0.15) is 0 Å². The van der Waals surface area contributed by atoms with Gasteiger partial charge in [0.25, 0.3) is 15.2 Å². The summed E-state index contributed by atoms with van der Waals surface area (Å²) in [7, 11) is -6.79. The first-order valence-electron chi connectivity index (χ1n) is 8.12. The van der Waals surface area contributed by atoms with Gasteiger partial charge in [-0.3, -0.25) is 4.72 Å². The first-order chi connectivity index (χ1) is 13.1. The number of anilines is 1. The normalized spacial score (nSPS) is 12.4. The molecular formula is C17H17ClN2O5S3. The minimum Gasteiger partial charge on any atom is -0.431 e. The molecule has 1 aromatic heterocycles. The molecule has 0 saturated carbocycles. The second-order valence-corrected chi connectivity index (χ2v) is 11.5. The molecule has 0 unspecified atom stereocenters. The standard InChI is InChI=1S/C17H17ClN2O5S3/c1-27(21,22)10-2-9-26-17-19-15-11-14(7-8-16(15)25-17)28(23,24)20-13-5-3-12(18)4-6-13/h3-8,11,20H,2,9-10H2,1H3. The zero-order valence-corrected chi connectivity index (χ0v) is 18.0. The zero-order valence-electron chi connectivity index (χ0n) is 14.8. The van der Waals surface area contributed by atoms with Crippen molar-refractivity contribution >= 4 is 60.0 Å². The Bertz CT molecular complexity index is 1190. The largest absolute Gasteiger partial charge is 0.431 e. The van der Waals surface area contributed by atoms with Gasteiger partial charge in [0.05, 0.1) is 10.6 Å². The number of thioether (sulfide) groups is 1. The summed E-state index contributed by atoms with van der Waals surface area (Å²) in [5.74, 6) is 0.627. The van der Waals surface area contributed by atoms with Gasteiger partial charge in [0.2, 0.25) is 0 Å². The second kappa shape index (κ2) is 8.32. The predicted molar refractivity (Wildman–Crippen MR) is 111 cm³/mol. The summed E-state index contributed by atoms with van der Waals surface area (Å²) in [4.78, 5) is 4.33. The fourth-order valence-electron chi connectivity index (χ4n) is 2.33. The van der Waals surface area contributed by atoms with Gasteiger partial charge >= 0.3 is 0 Å². The molecule has 7 nitrogen and oxygen atoms in total. The van der Waals surface area contributed by atoms with Gasteiger partial charge in [-0.15, -0.1) is 0 Å². The van der Waals surface area contributed by atoms with Crippen molar-refractivity contribution in [2.45, 2.75) is 16.5 Å². The number of sulfone groups is 1. The fraction of sp³-hybridized carbons (Fsp3) is 0.235. The lowest BCUT2D eigenvalue weighted by Crippen LogP contribution is -2.12. The van der Waals surface area contributed by atoms with Gasteiger partial charge in [-0.1, -0.05) is 23.4 Å². The van der Waals surface area contributed by atoms with E-state index < -0.39 is 19.9 Å². The number of fused-ring (bicyclic) bond motifs is 1. The van der Waals surface area contributed by atoms with Crippen LogP contribution >= 0.6 is 23.4 Å². The molecule has 0 fully saturated rings. The highest BCUT2D eigenvalue weighted by Gasteiger charge is 2.17. The molecule has 3 rings (SSSR count). The van der Waals surface area contributed by atoms with Crippen LogP contribution in [0.2, 0.25) is 5.02 Å². The molecule has 0 bridgehead atoms. The highest BCUT2D eigenvalue weighted by molar-refractivity contribution is 7.99. The molecule has 0 aliphatic rings. The van der Waals surface area contributed by atoms with Gasteiger partial charge in [0, 0.05) is 22.7 Å². The zero-order chi connectivity index (χ0) is 20.4. The monoisotopic (exact) mass is 460 g/mol. The van der Waals surface area contributed by atoms with Crippen LogP contribution in [0.4, 0.5) is 5.69 Å². The smallest absolute Gasteiger partial charge is 0.261 e. The average Bonchev–Trinajstić information content (AvgIpc) is 3.02. The van der Waals surface area contributed by atoms with Crippen molar-refractivity contribution in [3.8, 4) is 0 Å². The van der Waals surface area contributed by atoms with Crippen LogP contribution in [0, 0.1) is 0 Å². The van der Waals surface area contributed by atoms with E-state index in [2.05, 4.69) is 9.71 Å². The Balaban J connectivity index is 1.73. The third-order valence-electron chi connectivity index (χ3n) is 3.63. The summed E-state index contributed by atoms with van der Waals surface area (Å²) in [6.07, 6.45) is 1.67. The van der Waals surface area contributed by atoms with E-state index in [9.17, 15) is 16.8 Å². The highest BCUT2D eigenvalue weighted by Crippen LogP contribution is 2.27. The fourth-order valence-corrected chi connectivity index (χ4v) is 5.16. The lowest BCUT2D eigenvalue weighted by molar-refractivity contribution is 0.489. The van der Waals surface area contributed by atoms with Crippen molar-refractivity contribution in [1.82, 2.24) is 4.98 Å². The van der Waals surface area contributed by atoms with Gasteiger partial charge in [0.1, 0.15) is 15.4 Å². The third-order valence-corrected chi connectivity index (χ3v) is 7.21. The molecule has 0 aliphatic heterocycles. The molecular weight excluding hydrogens is 444 g/mol. The number of aromatic nitrogens is 1. The molecule has 3 aromatic rings. The number of oxazole rings is 1. The molecule has 0 amide bonds. The van der Waals surface area contributed by atoms with Crippen molar-refractivity contribution in [3.05, 3.63) is 47.5 Å². The number of halogens is 1. The van der Waals surface area contributed by atoms with Crippen LogP contribution in [0.25, 0.3) is 11.1 Å². The first-order valence-corrected chi connectivity index (χ1v) is 13.0. The van der Waals surface area contributed by atoms with E-state index in [1.165, 1.54) is 30.2 Å². The van der Waals surface area contributed by atoms with Crippen LogP contribution in [0.3, 0.4) is 0 Å². The van der Waals surface area contributed by atoms with Crippen molar-refractivity contribution in [2.24, 2.45) is 0 Å². The lowest BCUT2D eigenvalue weighted by Gasteiger charge is -2.07. The van der Waals surface area contributed by atoms with E-state index in [0.717, 1.165) is 0 Å². The predicted octanol–water partition coefficient (Wildman–Crippen LogP) is 3.81. The van der Waals surface area contributed by atoms with E-state index in [1.54, 1.807) is 30.3 Å². The second-order valence-electron chi connectivity index (χ2n) is 6.05. The molecule has 1 heterocycles. The Labute approximate surface area is 172 Å². The van der Waals surface area contributed by atoms with Crippen LogP contribution in [0.5, 0.6) is 0 Å². The molecule has 11 heteroatoms. The van der Waals surface area contributed by atoms with Crippen LogP contribution in [-0.4, -0.2) is 39.6 Å². The summed E-state index contributed by atoms with van der Waals surface area (Å²) in [5.41, 5.74) is 1.26. The third kappa shape index (κ3) is 5.63. The van der Waals surface area contributed by atoms with Crippen LogP contribution in [-0.2, 0) is 19.9 Å². The Morgan fingerprint density at radius 1 is 1.11 bits per heavy atom. The van der Waals surface area contributed by atoms with Crippen LogP contribution in [0.1, 0.15) is 6.42 Å². The SMILES string of the molecule is CS(=O)(=O)CCCSc1nc2cc(S(=O)(=O)Nc3ccc(Cl)cc3)ccc2o1. The van der Waals surface area contributed by atoms with Crippen molar-refractivity contribution in [2.75, 3.05) is 22.5 Å². The summed E-state index contributed by atoms with van der Waals surface area (Å²) in [6, 6.07) is 10.7. The first kappa shape index (κ1) is 21.0. The number of sulfonamides is 1. The summed E-state index contributed by atoms with van der Waals surface area (Å²) in [5, 5.41) is 0.872. The molecule has 0 radical (unpaired) electrons. The summed E-state index contributed by atoms with van der Waals surface area (Å²) < 4.78 is 55.5. The molecule has 0 spiro atoms. The van der Waals surface area contributed by atoms with E-state index >= 15 is 0 Å². The maximum absolute atomic E-state index is 12.6. The molecule has 0 aliphatic carbocycles. The van der Waals surface area contributed by atoms with E-state index in [1.807, 2.05) is 0 Å². The van der Waals surface area contributed by atoms with E-state index in [0.29, 0.717) is 39.2 Å². The van der Waals surface area contributed by atoms with Crippen LogP contribution in [0.15, 0.2) is 57.0 Å². The van der Waals surface area contributed by atoms with Gasteiger partial charge < -0.3 is 4.42 Å². The minimum atomic E-state index is -3.79. The number of benzene rings is 2.